The Morgan fingerprint density at radius 3 is 2.36 bits per heavy atom. The van der Waals surface area contributed by atoms with Gasteiger partial charge in [-0.25, -0.2) is 22.9 Å². The lowest BCUT2D eigenvalue weighted by atomic mass is 9.95. The molecule has 2 amide bonds. The van der Waals surface area contributed by atoms with Gasteiger partial charge in [-0.1, -0.05) is 11.6 Å². The van der Waals surface area contributed by atoms with Crippen molar-refractivity contribution in [3.8, 4) is 0 Å². The minimum atomic E-state index is -3.74. The molecule has 3 aliphatic rings. The lowest BCUT2D eigenvalue weighted by molar-refractivity contribution is -0.135. The molecule has 17 nitrogen and oxygen atoms in total. The van der Waals surface area contributed by atoms with E-state index >= 15 is 0 Å². The molecule has 8 rings (SSSR count). The van der Waals surface area contributed by atoms with Crippen LogP contribution in [0.3, 0.4) is 0 Å². The number of amides is 2. The van der Waals surface area contributed by atoms with E-state index in [1.807, 2.05) is 39.0 Å². The van der Waals surface area contributed by atoms with E-state index < -0.39 is 22.0 Å². The van der Waals surface area contributed by atoms with Crippen LogP contribution in [0, 0.1) is 12.8 Å². The number of imidazole rings is 1. The number of carbonyl (C=O) groups excluding carboxylic acids is 2. The number of rotatable bonds is 12. The first-order valence-corrected chi connectivity index (χ1v) is 22.7. The molecule has 61 heavy (non-hydrogen) atoms. The third kappa shape index (κ3) is 8.82. The van der Waals surface area contributed by atoms with Crippen molar-refractivity contribution in [3.63, 3.8) is 0 Å². The second-order valence-electron chi connectivity index (χ2n) is 16.7. The highest BCUT2D eigenvalue weighted by Crippen LogP contribution is 2.30. The van der Waals surface area contributed by atoms with Crippen LogP contribution >= 0.6 is 11.6 Å². The SMILES string of the molecule is Cc1cc(S(=O)(=O)NCCN2CCN(CC3CCN(c4ccc5c(c4)n(C)c(=O)n5C4CCC(=O)NC4=O)CC3)CC2)ccc1Nc1ncc2cc(Cl)c(=O)n(C(C)C)c2n1. The number of anilines is 3. The molecule has 3 aromatic heterocycles. The van der Waals surface area contributed by atoms with E-state index in [9.17, 15) is 27.6 Å². The molecule has 1 atom stereocenters. The minimum Gasteiger partial charge on any atom is -0.371 e. The quantitative estimate of drug-likeness (QED) is 0.155. The Hall–Kier alpha value is -5.14. The molecule has 3 aliphatic heterocycles. The number of sulfonamides is 1. The third-order valence-corrected chi connectivity index (χ3v) is 14.0. The molecule has 0 saturated carbocycles. The van der Waals surface area contributed by atoms with Gasteiger partial charge in [0.1, 0.15) is 16.7 Å². The lowest BCUT2D eigenvalue weighted by Gasteiger charge is -2.39. The molecule has 0 aliphatic carbocycles. The summed E-state index contributed by atoms with van der Waals surface area (Å²) in [5, 5.41) is 6.26. The fraction of sp³-hybridized carbons (Fsp3) is 0.476. The van der Waals surface area contributed by atoms with E-state index in [2.05, 4.69) is 40.0 Å². The van der Waals surface area contributed by atoms with Crippen LogP contribution in [0.25, 0.3) is 22.1 Å². The molecule has 3 N–H and O–H groups in total. The summed E-state index contributed by atoms with van der Waals surface area (Å²) in [5.41, 5.74) is 3.70. The van der Waals surface area contributed by atoms with E-state index in [-0.39, 0.29) is 45.5 Å². The molecule has 0 radical (unpaired) electrons. The maximum atomic E-state index is 13.3. The fourth-order valence-corrected chi connectivity index (χ4v) is 10.1. The van der Waals surface area contributed by atoms with Gasteiger partial charge in [0, 0.05) is 101 Å². The van der Waals surface area contributed by atoms with Crippen LogP contribution in [-0.2, 0) is 26.7 Å². The molecule has 324 valence electrons. The predicted molar refractivity (Wildman–Crippen MR) is 235 cm³/mol. The zero-order valence-corrected chi connectivity index (χ0v) is 36.4. The number of hydrogen-bond acceptors (Lipinski definition) is 12. The number of pyridine rings is 1. The monoisotopic (exact) mass is 873 g/mol. The van der Waals surface area contributed by atoms with Crippen LogP contribution in [0.5, 0.6) is 0 Å². The highest BCUT2D eigenvalue weighted by Gasteiger charge is 2.32. The first kappa shape index (κ1) is 42.5. The van der Waals surface area contributed by atoms with Crippen LogP contribution < -0.4 is 31.5 Å². The number of hydrogen-bond donors (Lipinski definition) is 3. The summed E-state index contributed by atoms with van der Waals surface area (Å²) >= 11 is 6.16. The van der Waals surface area contributed by atoms with Gasteiger partial charge in [0.05, 0.1) is 15.9 Å². The van der Waals surface area contributed by atoms with Crippen molar-refractivity contribution < 1.29 is 18.0 Å². The van der Waals surface area contributed by atoms with Crippen LogP contribution in [0.1, 0.15) is 57.2 Å². The standard InChI is InChI=1S/C42H52ClN11O6S/c1-26(2)53-38-29(22-32(43)40(53)57)24-44-41(48-38)46-33-7-6-31(21-27(33)3)61(59,60)45-13-16-50-17-19-51(20-18-50)25-28-11-14-52(15-12-28)30-5-8-34-36(23-30)49(4)42(58)54(34)35-9-10-37(55)47-39(35)56/h5-8,21-24,26,28,35,45H,9-20,25H2,1-4H3,(H,44,46,48)(H,47,55,56). The molecule has 6 heterocycles. The Kier molecular flexibility index (Phi) is 12.1. The van der Waals surface area contributed by atoms with Crippen molar-refractivity contribution in [1.82, 2.24) is 43.5 Å². The molecule has 3 fully saturated rings. The van der Waals surface area contributed by atoms with Crippen LogP contribution in [0.4, 0.5) is 17.3 Å². The Morgan fingerprint density at radius 1 is 0.918 bits per heavy atom. The van der Waals surface area contributed by atoms with Crippen molar-refractivity contribution >= 4 is 72.8 Å². The maximum Gasteiger partial charge on any atom is 0.329 e. The molecule has 19 heteroatoms. The largest absolute Gasteiger partial charge is 0.371 e. The number of aromatic nitrogens is 5. The minimum absolute atomic E-state index is 0.100. The summed E-state index contributed by atoms with van der Waals surface area (Å²) in [4.78, 5) is 66.5. The number of carbonyl (C=O) groups is 2. The molecule has 2 aromatic carbocycles. The van der Waals surface area contributed by atoms with Crippen LogP contribution in [0.2, 0.25) is 5.02 Å². The average Bonchev–Trinajstić information content (AvgIpc) is 3.47. The van der Waals surface area contributed by atoms with Gasteiger partial charge in [0.15, 0.2) is 0 Å². The Morgan fingerprint density at radius 2 is 1.66 bits per heavy atom. The summed E-state index contributed by atoms with van der Waals surface area (Å²) < 4.78 is 34.0. The van der Waals surface area contributed by atoms with E-state index in [1.54, 1.807) is 42.1 Å². The maximum absolute atomic E-state index is 13.3. The molecule has 0 bridgehead atoms. The summed E-state index contributed by atoms with van der Waals surface area (Å²) in [7, 11) is -2.02. The van der Waals surface area contributed by atoms with Crippen LogP contribution in [-0.4, -0.2) is 113 Å². The van der Waals surface area contributed by atoms with Gasteiger partial charge in [0.2, 0.25) is 27.8 Å². The molecular formula is C42H52ClN11O6S. The highest BCUT2D eigenvalue weighted by molar-refractivity contribution is 7.89. The summed E-state index contributed by atoms with van der Waals surface area (Å²) in [6.07, 6.45) is 4.23. The second kappa shape index (κ2) is 17.3. The van der Waals surface area contributed by atoms with Gasteiger partial charge in [-0.15, -0.1) is 0 Å². The normalized spacial score (nSPS) is 18.7. The summed E-state index contributed by atoms with van der Waals surface area (Å²) in [6.45, 7) is 12.9. The summed E-state index contributed by atoms with van der Waals surface area (Å²) in [5.74, 6) is 0.102. The van der Waals surface area contributed by atoms with Crippen molar-refractivity contribution in [2.24, 2.45) is 13.0 Å². The number of piperazine rings is 1. The molecule has 3 saturated heterocycles. The Bertz CT molecular complexity index is 2730. The zero-order chi connectivity index (χ0) is 43.2. The fourth-order valence-electron chi connectivity index (χ4n) is 8.82. The van der Waals surface area contributed by atoms with E-state index in [0.29, 0.717) is 53.2 Å². The van der Waals surface area contributed by atoms with Gasteiger partial charge < -0.3 is 15.1 Å². The number of piperidine rings is 2. The van der Waals surface area contributed by atoms with E-state index in [1.165, 1.54) is 9.13 Å². The van der Waals surface area contributed by atoms with Gasteiger partial charge in [-0.05, 0) is 94.0 Å². The number of aryl methyl sites for hydroxylation is 2. The third-order valence-electron chi connectivity index (χ3n) is 12.3. The first-order valence-electron chi connectivity index (χ1n) is 20.9. The summed E-state index contributed by atoms with van der Waals surface area (Å²) in [6, 6.07) is 11.5. The molecule has 5 aromatic rings. The van der Waals surface area contributed by atoms with Crippen molar-refractivity contribution in [3.05, 3.63) is 80.1 Å². The number of nitrogens with one attached hydrogen (secondary N) is 3. The highest BCUT2D eigenvalue weighted by atomic mass is 35.5. The topological polar surface area (TPSA) is 189 Å². The number of benzene rings is 2. The van der Waals surface area contributed by atoms with Gasteiger partial charge >= 0.3 is 5.69 Å². The molecular weight excluding hydrogens is 822 g/mol. The van der Waals surface area contributed by atoms with Gasteiger partial charge in [-0.3, -0.25) is 38.3 Å². The van der Waals surface area contributed by atoms with E-state index in [0.717, 1.165) is 69.9 Å². The predicted octanol–water partition coefficient (Wildman–Crippen LogP) is 3.52. The van der Waals surface area contributed by atoms with Crippen molar-refractivity contribution in [1.29, 1.82) is 0 Å². The zero-order valence-electron chi connectivity index (χ0n) is 34.9. The lowest BCUT2D eigenvalue weighted by Crippen LogP contribution is -2.50. The van der Waals surface area contributed by atoms with Gasteiger partial charge in [-0.2, -0.15) is 4.98 Å². The average molecular weight is 874 g/mol. The number of nitrogens with zero attached hydrogens (tertiary/aromatic N) is 8. The van der Waals surface area contributed by atoms with Crippen molar-refractivity contribution in [2.75, 3.05) is 69.1 Å². The first-order chi connectivity index (χ1) is 29.2. The molecule has 1 unspecified atom stereocenters. The Balaban J connectivity index is 0.787. The molecule has 0 spiro atoms. The Labute approximate surface area is 358 Å². The van der Waals surface area contributed by atoms with Crippen LogP contribution in [0.15, 0.2) is 63.1 Å². The van der Waals surface area contributed by atoms with E-state index in [4.69, 9.17) is 11.6 Å². The number of fused-ring (bicyclic) bond motifs is 2. The number of halogens is 1. The second-order valence-corrected chi connectivity index (χ2v) is 18.8. The number of imide groups is 1. The van der Waals surface area contributed by atoms with Crippen molar-refractivity contribution in [2.45, 2.75) is 63.4 Å². The van der Waals surface area contributed by atoms with Gasteiger partial charge in [0.25, 0.3) is 5.56 Å². The smallest absolute Gasteiger partial charge is 0.329 e.